The van der Waals surface area contributed by atoms with E-state index in [0.717, 1.165) is 25.7 Å². The van der Waals surface area contributed by atoms with Crippen LogP contribution in [0.25, 0.3) is 0 Å². The summed E-state index contributed by atoms with van der Waals surface area (Å²) < 4.78 is 0. The number of aliphatic hydroxyl groups excluding tert-OH is 1. The number of hydrogen-bond donors (Lipinski definition) is 2. The van der Waals surface area contributed by atoms with Crippen LogP contribution in [-0.2, 0) is 4.79 Å². The molecule has 0 aliphatic rings. The van der Waals surface area contributed by atoms with E-state index in [1.165, 1.54) is 212 Å². The fraction of sp³-hybridized carbons (Fsp3) is 0.977. The molecule has 0 fully saturated rings. The van der Waals surface area contributed by atoms with Gasteiger partial charge >= 0.3 is 0 Å². The molecule has 46 heavy (non-hydrogen) atoms. The lowest BCUT2D eigenvalue weighted by atomic mass is 10.0. The molecule has 0 radical (unpaired) electrons. The largest absolute Gasteiger partial charge is 0.394 e. The lowest BCUT2D eigenvalue weighted by Gasteiger charge is -2.16. The molecule has 0 spiro atoms. The monoisotopic (exact) mass is 650 g/mol. The van der Waals surface area contributed by atoms with Crippen molar-refractivity contribution in [3.63, 3.8) is 0 Å². The van der Waals surface area contributed by atoms with Crippen LogP contribution in [0.5, 0.6) is 0 Å². The molecule has 0 saturated heterocycles. The Kier molecular flexibility index (Phi) is 40.1. The van der Waals surface area contributed by atoms with E-state index in [4.69, 9.17) is 0 Å². The lowest BCUT2D eigenvalue weighted by Crippen LogP contribution is -2.37. The summed E-state index contributed by atoms with van der Waals surface area (Å²) in [4.78, 5) is 12.3. The van der Waals surface area contributed by atoms with Crippen LogP contribution in [0.4, 0.5) is 0 Å². The zero-order valence-corrected chi connectivity index (χ0v) is 32.0. The van der Waals surface area contributed by atoms with Crippen molar-refractivity contribution < 1.29 is 9.90 Å². The highest BCUT2D eigenvalue weighted by Gasteiger charge is 2.11. The SMILES string of the molecule is CCCCCCCCCCCCCCCCCCCCCCCCCCC(=O)NC(CO)CCCCCCCCCCCCCC. The minimum atomic E-state index is -0.0509. The maximum absolute atomic E-state index is 12.3. The quantitative estimate of drug-likeness (QED) is 0.0649. The topological polar surface area (TPSA) is 49.3 Å². The van der Waals surface area contributed by atoms with Gasteiger partial charge in [0.25, 0.3) is 0 Å². The second kappa shape index (κ2) is 40.6. The van der Waals surface area contributed by atoms with Crippen molar-refractivity contribution >= 4 is 5.91 Å². The maximum Gasteiger partial charge on any atom is 0.220 e. The van der Waals surface area contributed by atoms with E-state index >= 15 is 0 Å². The van der Waals surface area contributed by atoms with Gasteiger partial charge < -0.3 is 10.4 Å². The molecule has 3 nitrogen and oxygen atoms in total. The maximum atomic E-state index is 12.3. The summed E-state index contributed by atoms with van der Waals surface area (Å²) in [5.74, 6) is 0.136. The van der Waals surface area contributed by atoms with Crippen molar-refractivity contribution in [3.05, 3.63) is 0 Å². The van der Waals surface area contributed by atoms with E-state index < -0.39 is 0 Å². The zero-order valence-electron chi connectivity index (χ0n) is 32.0. The Bertz CT molecular complexity index is 565. The van der Waals surface area contributed by atoms with Gasteiger partial charge in [0.05, 0.1) is 12.6 Å². The van der Waals surface area contributed by atoms with E-state index in [1.807, 2.05) is 0 Å². The number of aliphatic hydroxyl groups is 1. The Morgan fingerprint density at radius 2 is 0.630 bits per heavy atom. The minimum absolute atomic E-state index is 0.0509. The normalized spacial score (nSPS) is 12.2. The molecule has 2 N–H and O–H groups in total. The first-order valence-electron chi connectivity index (χ1n) is 21.6. The van der Waals surface area contributed by atoms with E-state index in [0.29, 0.717) is 6.42 Å². The average molecular weight is 650 g/mol. The fourth-order valence-electron chi connectivity index (χ4n) is 6.99. The second-order valence-electron chi connectivity index (χ2n) is 15.0. The number of hydrogen-bond acceptors (Lipinski definition) is 2. The van der Waals surface area contributed by atoms with Gasteiger partial charge in [-0.05, 0) is 12.8 Å². The van der Waals surface area contributed by atoms with Crippen LogP contribution < -0.4 is 5.32 Å². The minimum Gasteiger partial charge on any atom is -0.394 e. The van der Waals surface area contributed by atoms with Gasteiger partial charge in [-0.1, -0.05) is 239 Å². The molecular weight excluding hydrogens is 562 g/mol. The van der Waals surface area contributed by atoms with E-state index in [9.17, 15) is 9.90 Å². The summed E-state index contributed by atoms with van der Waals surface area (Å²) in [6.07, 6.45) is 51.1. The van der Waals surface area contributed by atoms with Gasteiger partial charge in [0.2, 0.25) is 5.91 Å². The molecule has 1 atom stereocenters. The Morgan fingerprint density at radius 3 is 0.891 bits per heavy atom. The number of amides is 1. The summed E-state index contributed by atoms with van der Waals surface area (Å²) in [7, 11) is 0. The van der Waals surface area contributed by atoms with Gasteiger partial charge in [-0.2, -0.15) is 0 Å². The Morgan fingerprint density at radius 1 is 0.391 bits per heavy atom. The van der Waals surface area contributed by atoms with E-state index in [-0.39, 0.29) is 18.6 Å². The lowest BCUT2D eigenvalue weighted by molar-refractivity contribution is -0.122. The van der Waals surface area contributed by atoms with Crippen molar-refractivity contribution in [1.82, 2.24) is 5.32 Å². The zero-order chi connectivity index (χ0) is 33.4. The third-order valence-corrected chi connectivity index (χ3v) is 10.2. The summed E-state index contributed by atoms with van der Waals surface area (Å²) in [6.45, 7) is 4.65. The average Bonchev–Trinajstić information content (AvgIpc) is 3.06. The van der Waals surface area contributed by atoms with Gasteiger partial charge in [-0.3, -0.25) is 4.79 Å². The molecule has 276 valence electrons. The predicted molar refractivity (Wildman–Crippen MR) is 206 cm³/mol. The molecule has 0 aromatic rings. The molecule has 0 aromatic heterocycles. The number of carbonyl (C=O) groups excluding carboxylic acids is 1. The molecule has 1 amide bonds. The van der Waals surface area contributed by atoms with Crippen LogP contribution in [0, 0.1) is 0 Å². The first kappa shape index (κ1) is 45.4. The van der Waals surface area contributed by atoms with Crippen molar-refractivity contribution in [2.45, 2.75) is 264 Å². The standard InChI is InChI=1S/C43H87NO2/c1-3-5-7-9-11-13-15-17-18-19-20-21-22-23-24-25-26-27-28-30-32-34-36-38-40-43(46)44-42(41-45)39-37-35-33-31-29-16-14-12-10-8-6-4-2/h42,45H,3-41H2,1-2H3,(H,44,46). The van der Waals surface area contributed by atoms with Gasteiger partial charge in [-0.25, -0.2) is 0 Å². The molecule has 0 aliphatic carbocycles. The number of carbonyl (C=O) groups is 1. The number of unbranched alkanes of at least 4 members (excludes halogenated alkanes) is 34. The van der Waals surface area contributed by atoms with Crippen LogP contribution in [0.1, 0.15) is 258 Å². The summed E-state index contributed by atoms with van der Waals surface area (Å²) in [6, 6.07) is -0.0509. The van der Waals surface area contributed by atoms with Crippen LogP contribution in [0.2, 0.25) is 0 Å². The Balaban J connectivity index is 3.31. The van der Waals surface area contributed by atoms with E-state index in [1.54, 1.807) is 0 Å². The van der Waals surface area contributed by atoms with Gasteiger partial charge in [0.1, 0.15) is 0 Å². The molecule has 0 aliphatic heterocycles. The molecule has 0 aromatic carbocycles. The molecule has 0 heterocycles. The molecule has 0 rings (SSSR count). The first-order chi connectivity index (χ1) is 22.7. The summed E-state index contributed by atoms with van der Waals surface area (Å²) >= 11 is 0. The highest BCUT2D eigenvalue weighted by molar-refractivity contribution is 5.76. The predicted octanol–water partition coefficient (Wildman–Crippen LogP) is 14.3. The molecule has 0 bridgehead atoms. The first-order valence-corrected chi connectivity index (χ1v) is 21.6. The summed E-state index contributed by atoms with van der Waals surface area (Å²) in [5, 5.41) is 12.8. The summed E-state index contributed by atoms with van der Waals surface area (Å²) in [5.41, 5.74) is 0. The number of nitrogens with one attached hydrogen (secondary N) is 1. The number of rotatable bonds is 40. The fourth-order valence-corrected chi connectivity index (χ4v) is 6.99. The van der Waals surface area contributed by atoms with Crippen LogP contribution >= 0.6 is 0 Å². The Labute approximate surface area is 291 Å². The highest BCUT2D eigenvalue weighted by Crippen LogP contribution is 2.17. The van der Waals surface area contributed by atoms with E-state index in [2.05, 4.69) is 19.2 Å². The third kappa shape index (κ3) is 37.9. The van der Waals surface area contributed by atoms with Gasteiger partial charge in [-0.15, -0.1) is 0 Å². The van der Waals surface area contributed by atoms with Crippen molar-refractivity contribution in [2.75, 3.05) is 6.61 Å². The van der Waals surface area contributed by atoms with Crippen molar-refractivity contribution in [2.24, 2.45) is 0 Å². The van der Waals surface area contributed by atoms with Gasteiger partial charge in [0.15, 0.2) is 0 Å². The van der Waals surface area contributed by atoms with Crippen molar-refractivity contribution in [1.29, 1.82) is 0 Å². The third-order valence-electron chi connectivity index (χ3n) is 10.2. The van der Waals surface area contributed by atoms with Crippen LogP contribution in [0.15, 0.2) is 0 Å². The van der Waals surface area contributed by atoms with Crippen LogP contribution in [-0.4, -0.2) is 23.7 Å². The second-order valence-corrected chi connectivity index (χ2v) is 15.0. The molecule has 0 saturated carbocycles. The Hall–Kier alpha value is -0.570. The molecular formula is C43H87NO2. The van der Waals surface area contributed by atoms with Crippen LogP contribution in [0.3, 0.4) is 0 Å². The molecule has 3 heteroatoms. The molecule has 1 unspecified atom stereocenters. The highest BCUT2D eigenvalue weighted by atomic mass is 16.3. The van der Waals surface area contributed by atoms with Gasteiger partial charge in [0, 0.05) is 6.42 Å². The van der Waals surface area contributed by atoms with Crippen molar-refractivity contribution in [3.8, 4) is 0 Å². The smallest absolute Gasteiger partial charge is 0.220 e.